The van der Waals surface area contributed by atoms with Crippen molar-refractivity contribution in [1.82, 2.24) is 15.1 Å². The Bertz CT molecular complexity index is 295. The van der Waals surface area contributed by atoms with Gasteiger partial charge in [-0.2, -0.15) is 5.10 Å². The number of urea groups is 1. The van der Waals surface area contributed by atoms with E-state index < -0.39 is 0 Å². The van der Waals surface area contributed by atoms with Crippen LogP contribution in [0.5, 0.6) is 0 Å². The number of unbranched alkanes of at least 4 members (excludes halogenated alkanes) is 1. The van der Waals surface area contributed by atoms with Crippen molar-refractivity contribution in [3.8, 4) is 0 Å². The molecule has 0 aliphatic rings. The lowest BCUT2D eigenvalue weighted by Crippen LogP contribution is -2.29. The minimum atomic E-state index is -0.197. The van der Waals surface area contributed by atoms with E-state index in [1.807, 2.05) is 0 Å². The molecule has 0 spiro atoms. The van der Waals surface area contributed by atoms with Gasteiger partial charge in [0.15, 0.2) is 5.82 Å². The van der Waals surface area contributed by atoms with Crippen molar-refractivity contribution >= 4 is 11.8 Å². The van der Waals surface area contributed by atoms with Crippen molar-refractivity contribution in [2.45, 2.75) is 19.8 Å². The van der Waals surface area contributed by atoms with Crippen molar-refractivity contribution in [2.24, 2.45) is 7.05 Å². The van der Waals surface area contributed by atoms with Crippen molar-refractivity contribution in [3.63, 3.8) is 0 Å². The average Bonchev–Trinajstić information content (AvgIpc) is 2.52. The summed E-state index contributed by atoms with van der Waals surface area (Å²) in [5, 5.41) is 9.41. The summed E-state index contributed by atoms with van der Waals surface area (Å²) in [4.78, 5) is 11.2. The topological polar surface area (TPSA) is 59.0 Å². The van der Waals surface area contributed by atoms with Crippen LogP contribution in [0.15, 0.2) is 12.3 Å². The quantitative estimate of drug-likeness (QED) is 0.714. The molecule has 2 N–H and O–H groups in total. The van der Waals surface area contributed by atoms with Gasteiger partial charge in [0.25, 0.3) is 0 Å². The van der Waals surface area contributed by atoms with Crippen molar-refractivity contribution in [1.29, 1.82) is 0 Å². The highest BCUT2D eigenvalue weighted by Crippen LogP contribution is 1.99. The molecule has 0 aliphatic carbocycles. The van der Waals surface area contributed by atoms with Gasteiger partial charge in [-0.1, -0.05) is 13.3 Å². The molecular weight excluding hydrogens is 180 g/mol. The van der Waals surface area contributed by atoms with Gasteiger partial charge in [-0.25, -0.2) is 4.79 Å². The summed E-state index contributed by atoms with van der Waals surface area (Å²) in [6.45, 7) is 2.79. The van der Waals surface area contributed by atoms with Crippen LogP contribution in [0.3, 0.4) is 0 Å². The number of carbonyl (C=O) groups is 1. The molecule has 5 nitrogen and oxygen atoms in total. The molecule has 0 aromatic carbocycles. The lowest BCUT2D eigenvalue weighted by molar-refractivity contribution is 0.252. The van der Waals surface area contributed by atoms with Gasteiger partial charge in [0.2, 0.25) is 0 Å². The molecule has 0 aliphatic heterocycles. The van der Waals surface area contributed by atoms with E-state index in [1.54, 1.807) is 24.0 Å². The highest BCUT2D eigenvalue weighted by molar-refractivity contribution is 5.88. The summed E-state index contributed by atoms with van der Waals surface area (Å²) >= 11 is 0. The normalized spacial score (nSPS) is 9.86. The third kappa shape index (κ3) is 3.47. The first kappa shape index (κ1) is 10.6. The summed E-state index contributed by atoms with van der Waals surface area (Å²) < 4.78 is 1.64. The van der Waals surface area contributed by atoms with Crippen LogP contribution in [0.4, 0.5) is 10.6 Å². The van der Waals surface area contributed by atoms with Crippen LogP contribution in [0, 0.1) is 0 Å². The second-order valence-corrected chi connectivity index (χ2v) is 3.11. The number of aryl methyl sites for hydroxylation is 1. The van der Waals surface area contributed by atoms with E-state index >= 15 is 0 Å². The second-order valence-electron chi connectivity index (χ2n) is 3.11. The number of nitrogens with one attached hydrogen (secondary N) is 2. The second kappa shape index (κ2) is 5.26. The molecule has 0 unspecified atom stereocenters. The number of nitrogens with zero attached hydrogens (tertiary/aromatic N) is 2. The number of hydrogen-bond acceptors (Lipinski definition) is 2. The monoisotopic (exact) mass is 196 g/mol. The van der Waals surface area contributed by atoms with E-state index in [0.717, 1.165) is 12.8 Å². The molecule has 0 fully saturated rings. The highest BCUT2D eigenvalue weighted by Gasteiger charge is 2.01. The molecule has 0 radical (unpaired) electrons. The van der Waals surface area contributed by atoms with Gasteiger partial charge < -0.3 is 5.32 Å². The standard InChI is InChI=1S/C9H16N4O/c1-3-4-6-10-9(14)11-8-5-7-13(2)12-8/h5,7H,3-4,6H2,1-2H3,(H2,10,11,12,14). The van der Waals surface area contributed by atoms with Crippen LogP contribution in [0.1, 0.15) is 19.8 Å². The van der Waals surface area contributed by atoms with Crippen LogP contribution in [-0.4, -0.2) is 22.4 Å². The zero-order valence-corrected chi connectivity index (χ0v) is 8.58. The van der Waals surface area contributed by atoms with Gasteiger partial charge in [0, 0.05) is 25.9 Å². The van der Waals surface area contributed by atoms with E-state index in [1.165, 1.54) is 0 Å². The fourth-order valence-corrected chi connectivity index (χ4v) is 1.02. The smallest absolute Gasteiger partial charge is 0.320 e. The van der Waals surface area contributed by atoms with Gasteiger partial charge in [0.05, 0.1) is 0 Å². The Morgan fingerprint density at radius 3 is 3.00 bits per heavy atom. The maximum atomic E-state index is 11.2. The van der Waals surface area contributed by atoms with Crippen molar-refractivity contribution < 1.29 is 4.79 Å². The number of anilines is 1. The predicted molar refractivity (Wildman–Crippen MR) is 55.1 cm³/mol. The maximum absolute atomic E-state index is 11.2. The molecule has 2 amide bonds. The van der Waals surface area contributed by atoms with Gasteiger partial charge >= 0.3 is 6.03 Å². The average molecular weight is 196 g/mol. The Morgan fingerprint density at radius 2 is 2.43 bits per heavy atom. The van der Waals surface area contributed by atoms with Crippen LogP contribution >= 0.6 is 0 Å². The van der Waals surface area contributed by atoms with E-state index in [0.29, 0.717) is 12.4 Å². The van der Waals surface area contributed by atoms with Crippen molar-refractivity contribution in [3.05, 3.63) is 12.3 Å². The lowest BCUT2D eigenvalue weighted by atomic mass is 10.3. The van der Waals surface area contributed by atoms with Crippen LogP contribution in [-0.2, 0) is 7.05 Å². The molecule has 1 aromatic rings. The third-order valence-electron chi connectivity index (χ3n) is 1.77. The summed E-state index contributed by atoms with van der Waals surface area (Å²) in [5.41, 5.74) is 0. The first-order valence-electron chi connectivity index (χ1n) is 4.77. The number of aromatic nitrogens is 2. The molecule has 1 rings (SSSR count). The molecule has 0 saturated carbocycles. The van der Waals surface area contributed by atoms with Gasteiger partial charge in [-0.05, 0) is 6.42 Å². The van der Waals surface area contributed by atoms with E-state index in [9.17, 15) is 4.79 Å². The highest BCUT2D eigenvalue weighted by atomic mass is 16.2. The number of rotatable bonds is 4. The molecule has 1 heterocycles. The fourth-order valence-electron chi connectivity index (χ4n) is 1.02. The van der Waals surface area contributed by atoms with Crippen LogP contribution in [0.2, 0.25) is 0 Å². The Labute approximate surface area is 83.5 Å². The summed E-state index contributed by atoms with van der Waals surface area (Å²) in [5.74, 6) is 0.571. The summed E-state index contributed by atoms with van der Waals surface area (Å²) in [6.07, 6.45) is 3.85. The lowest BCUT2D eigenvalue weighted by Gasteiger charge is -2.03. The van der Waals surface area contributed by atoms with Gasteiger partial charge in [0.1, 0.15) is 0 Å². The molecule has 0 bridgehead atoms. The van der Waals surface area contributed by atoms with E-state index in [-0.39, 0.29) is 6.03 Å². The zero-order valence-electron chi connectivity index (χ0n) is 8.58. The van der Waals surface area contributed by atoms with Crippen LogP contribution < -0.4 is 10.6 Å². The molecular formula is C9H16N4O. The number of amides is 2. The predicted octanol–water partition coefficient (Wildman–Crippen LogP) is 1.34. The number of hydrogen-bond donors (Lipinski definition) is 2. The first-order valence-corrected chi connectivity index (χ1v) is 4.77. The number of carbonyl (C=O) groups excluding carboxylic acids is 1. The fraction of sp³-hybridized carbons (Fsp3) is 0.556. The molecule has 78 valence electrons. The SMILES string of the molecule is CCCCNC(=O)Nc1ccn(C)n1. The Hall–Kier alpha value is -1.52. The summed E-state index contributed by atoms with van der Waals surface area (Å²) in [6, 6.07) is 1.55. The zero-order chi connectivity index (χ0) is 10.4. The van der Waals surface area contributed by atoms with Gasteiger partial charge in [-0.15, -0.1) is 0 Å². The molecule has 5 heteroatoms. The Morgan fingerprint density at radius 1 is 1.64 bits per heavy atom. The molecule has 1 aromatic heterocycles. The third-order valence-corrected chi connectivity index (χ3v) is 1.77. The maximum Gasteiger partial charge on any atom is 0.320 e. The molecule has 0 saturated heterocycles. The van der Waals surface area contributed by atoms with Crippen LogP contribution in [0.25, 0.3) is 0 Å². The Kier molecular flexibility index (Phi) is 3.97. The molecule has 14 heavy (non-hydrogen) atoms. The largest absolute Gasteiger partial charge is 0.338 e. The van der Waals surface area contributed by atoms with Crippen molar-refractivity contribution in [2.75, 3.05) is 11.9 Å². The Balaban J connectivity index is 2.27. The van der Waals surface area contributed by atoms with E-state index in [4.69, 9.17) is 0 Å². The minimum absolute atomic E-state index is 0.197. The first-order chi connectivity index (χ1) is 6.72. The molecule has 0 atom stereocenters. The minimum Gasteiger partial charge on any atom is -0.338 e. The van der Waals surface area contributed by atoms with E-state index in [2.05, 4.69) is 22.7 Å². The summed E-state index contributed by atoms with van der Waals surface area (Å²) in [7, 11) is 1.81. The van der Waals surface area contributed by atoms with Gasteiger partial charge in [-0.3, -0.25) is 10.00 Å².